The molecular formula is C17H19ClN2O5S. The molecule has 9 heteroatoms. The zero-order chi connectivity index (χ0) is 18.9. The van der Waals surface area contributed by atoms with Crippen molar-refractivity contribution in [2.75, 3.05) is 25.4 Å². The molecule has 0 saturated carbocycles. The number of halogens is 1. The molecule has 0 N–H and O–H groups in total. The predicted octanol–water partition coefficient (Wildman–Crippen LogP) is 1.18. The van der Waals surface area contributed by atoms with Gasteiger partial charge in [0.25, 0.3) is 0 Å². The molecule has 0 unspecified atom stereocenters. The Balaban J connectivity index is 1.74. The molecule has 3 rings (SSSR count). The first-order valence-corrected chi connectivity index (χ1v) is 10.5. The van der Waals surface area contributed by atoms with E-state index in [1.54, 1.807) is 24.3 Å². The number of likely N-dealkylation sites (tertiary alicyclic amines) is 1. The lowest BCUT2D eigenvalue weighted by Crippen LogP contribution is -2.43. The number of amides is 3. The SMILES string of the molecule is O=C(CN1C(=O)CCC1=O)N1CC[C@H](c2ccccc2Cl)S(=O)(=O)CC1. The summed E-state index contributed by atoms with van der Waals surface area (Å²) < 4.78 is 25.3. The smallest absolute Gasteiger partial charge is 0.242 e. The number of rotatable bonds is 3. The first kappa shape index (κ1) is 18.8. The Morgan fingerprint density at radius 3 is 2.42 bits per heavy atom. The van der Waals surface area contributed by atoms with Crippen LogP contribution < -0.4 is 0 Å². The Morgan fingerprint density at radius 1 is 1.12 bits per heavy atom. The lowest BCUT2D eigenvalue weighted by molar-refractivity contribution is -0.145. The van der Waals surface area contributed by atoms with Gasteiger partial charge in [-0.2, -0.15) is 0 Å². The summed E-state index contributed by atoms with van der Waals surface area (Å²) in [6.45, 7) is -0.0585. The predicted molar refractivity (Wildman–Crippen MR) is 95.1 cm³/mol. The number of nitrogens with zero attached hydrogens (tertiary/aromatic N) is 2. The Bertz CT molecular complexity index is 838. The fraction of sp³-hybridized carbons (Fsp3) is 0.471. The van der Waals surface area contributed by atoms with Gasteiger partial charge in [-0.25, -0.2) is 8.42 Å². The van der Waals surface area contributed by atoms with Crippen LogP contribution in [0.3, 0.4) is 0 Å². The van der Waals surface area contributed by atoms with Crippen molar-refractivity contribution in [1.82, 2.24) is 9.80 Å². The summed E-state index contributed by atoms with van der Waals surface area (Å²) >= 11 is 6.16. The third kappa shape index (κ3) is 3.76. The topological polar surface area (TPSA) is 91.8 Å². The first-order valence-electron chi connectivity index (χ1n) is 8.36. The Kier molecular flexibility index (Phi) is 5.34. The van der Waals surface area contributed by atoms with Crippen LogP contribution in [-0.4, -0.2) is 61.3 Å². The highest BCUT2D eigenvalue weighted by Crippen LogP contribution is 2.33. The quantitative estimate of drug-likeness (QED) is 0.713. The maximum atomic E-state index is 12.7. The van der Waals surface area contributed by atoms with Crippen LogP contribution in [0.25, 0.3) is 0 Å². The fourth-order valence-electron chi connectivity index (χ4n) is 3.31. The molecule has 2 saturated heterocycles. The number of imide groups is 1. The van der Waals surface area contributed by atoms with E-state index in [0.29, 0.717) is 10.6 Å². The van der Waals surface area contributed by atoms with Gasteiger partial charge in [0, 0.05) is 31.0 Å². The summed E-state index contributed by atoms with van der Waals surface area (Å²) in [6, 6.07) is 6.79. The normalized spacial score (nSPS) is 23.2. The average Bonchev–Trinajstić information content (AvgIpc) is 2.81. The number of carbonyl (C=O) groups is 3. The van der Waals surface area contributed by atoms with Crippen LogP contribution in [0, 0.1) is 0 Å². The monoisotopic (exact) mass is 398 g/mol. The number of sulfone groups is 1. The number of benzene rings is 1. The molecule has 1 aromatic carbocycles. The van der Waals surface area contributed by atoms with Gasteiger partial charge in [-0.3, -0.25) is 19.3 Å². The lowest BCUT2D eigenvalue weighted by atomic mass is 10.1. The minimum Gasteiger partial charge on any atom is -0.340 e. The van der Waals surface area contributed by atoms with Crippen LogP contribution in [0.4, 0.5) is 0 Å². The van der Waals surface area contributed by atoms with Gasteiger partial charge in [0.05, 0.1) is 11.0 Å². The zero-order valence-electron chi connectivity index (χ0n) is 14.1. The largest absolute Gasteiger partial charge is 0.340 e. The summed E-state index contributed by atoms with van der Waals surface area (Å²) in [5.41, 5.74) is 0.536. The highest BCUT2D eigenvalue weighted by atomic mass is 35.5. The molecule has 0 aliphatic carbocycles. The first-order chi connectivity index (χ1) is 12.3. The van der Waals surface area contributed by atoms with E-state index in [1.165, 1.54) is 4.90 Å². The maximum absolute atomic E-state index is 12.7. The van der Waals surface area contributed by atoms with Gasteiger partial charge in [0.1, 0.15) is 6.54 Å². The van der Waals surface area contributed by atoms with E-state index in [0.717, 1.165) is 4.90 Å². The average molecular weight is 399 g/mol. The van der Waals surface area contributed by atoms with Crippen LogP contribution in [-0.2, 0) is 24.2 Å². The highest BCUT2D eigenvalue weighted by molar-refractivity contribution is 7.91. The van der Waals surface area contributed by atoms with Gasteiger partial charge in [0.15, 0.2) is 9.84 Å². The van der Waals surface area contributed by atoms with Crippen LogP contribution in [0.5, 0.6) is 0 Å². The van der Waals surface area contributed by atoms with Gasteiger partial charge in [-0.05, 0) is 18.1 Å². The van der Waals surface area contributed by atoms with Gasteiger partial charge in [-0.15, -0.1) is 0 Å². The molecule has 140 valence electrons. The van der Waals surface area contributed by atoms with E-state index >= 15 is 0 Å². The summed E-state index contributed by atoms with van der Waals surface area (Å²) in [5, 5.41) is -0.391. The Hall–Kier alpha value is -1.93. The summed E-state index contributed by atoms with van der Waals surface area (Å²) in [6.07, 6.45) is 0.462. The van der Waals surface area contributed by atoms with E-state index in [-0.39, 0.29) is 56.5 Å². The molecule has 1 aromatic rings. The molecule has 7 nitrogen and oxygen atoms in total. The van der Waals surface area contributed by atoms with Crippen molar-refractivity contribution in [1.29, 1.82) is 0 Å². The van der Waals surface area contributed by atoms with Crippen molar-refractivity contribution in [3.63, 3.8) is 0 Å². The number of hydrogen-bond acceptors (Lipinski definition) is 5. The molecule has 3 amide bonds. The Morgan fingerprint density at radius 2 is 1.77 bits per heavy atom. The lowest BCUT2D eigenvalue weighted by Gasteiger charge is -2.23. The third-order valence-corrected chi connectivity index (χ3v) is 7.25. The van der Waals surface area contributed by atoms with Crippen molar-refractivity contribution in [2.45, 2.75) is 24.5 Å². The third-order valence-electron chi connectivity index (χ3n) is 4.79. The molecule has 2 aliphatic heterocycles. The number of hydrogen-bond donors (Lipinski definition) is 0. The molecule has 0 spiro atoms. The summed E-state index contributed by atoms with van der Waals surface area (Å²) in [7, 11) is -3.48. The summed E-state index contributed by atoms with van der Waals surface area (Å²) in [4.78, 5) is 38.2. The van der Waals surface area contributed by atoms with E-state index in [9.17, 15) is 22.8 Å². The van der Waals surface area contributed by atoms with E-state index < -0.39 is 21.0 Å². The molecular weight excluding hydrogens is 380 g/mol. The van der Waals surface area contributed by atoms with Crippen LogP contribution in [0.2, 0.25) is 5.02 Å². The minimum atomic E-state index is -3.48. The Labute approximate surface area is 156 Å². The highest BCUT2D eigenvalue weighted by Gasteiger charge is 2.36. The van der Waals surface area contributed by atoms with Gasteiger partial charge in [-0.1, -0.05) is 29.8 Å². The molecule has 1 atom stereocenters. The van der Waals surface area contributed by atoms with E-state index in [1.807, 2.05) is 0 Å². The van der Waals surface area contributed by atoms with Gasteiger partial charge >= 0.3 is 0 Å². The number of carbonyl (C=O) groups excluding carboxylic acids is 3. The van der Waals surface area contributed by atoms with Crippen molar-refractivity contribution >= 4 is 39.2 Å². The van der Waals surface area contributed by atoms with Crippen molar-refractivity contribution < 1.29 is 22.8 Å². The second-order valence-electron chi connectivity index (χ2n) is 6.42. The maximum Gasteiger partial charge on any atom is 0.242 e. The second kappa shape index (κ2) is 7.36. The summed E-state index contributed by atoms with van der Waals surface area (Å²) in [5.74, 6) is -1.32. The second-order valence-corrected chi connectivity index (χ2v) is 9.13. The van der Waals surface area contributed by atoms with Crippen LogP contribution >= 0.6 is 11.6 Å². The van der Waals surface area contributed by atoms with Crippen LogP contribution in [0.15, 0.2) is 24.3 Å². The molecule has 2 aliphatic rings. The van der Waals surface area contributed by atoms with Crippen molar-refractivity contribution in [3.05, 3.63) is 34.9 Å². The van der Waals surface area contributed by atoms with Crippen LogP contribution in [0.1, 0.15) is 30.1 Å². The molecule has 26 heavy (non-hydrogen) atoms. The zero-order valence-corrected chi connectivity index (χ0v) is 15.6. The molecule has 2 fully saturated rings. The molecule has 0 radical (unpaired) electrons. The van der Waals surface area contributed by atoms with E-state index in [2.05, 4.69) is 0 Å². The molecule has 2 heterocycles. The van der Waals surface area contributed by atoms with Gasteiger partial charge < -0.3 is 4.90 Å². The van der Waals surface area contributed by atoms with Gasteiger partial charge in [0.2, 0.25) is 17.7 Å². The standard InChI is InChI=1S/C17H19ClN2O5S/c18-13-4-2-1-3-12(13)14-7-8-19(9-10-26(14,24)25)17(23)11-20-15(21)5-6-16(20)22/h1-4,14H,5-11H2/t14-/m1/s1. The fourth-order valence-corrected chi connectivity index (χ4v) is 5.46. The minimum absolute atomic E-state index is 0.0400. The molecule has 0 bridgehead atoms. The van der Waals surface area contributed by atoms with Crippen molar-refractivity contribution in [2.24, 2.45) is 0 Å². The molecule has 0 aromatic heterocycles. The van der Waals surface area contributed by atoms with E-state index in [4.69, 9.17) is 11.6 Å². The van der Waals surface area contributed by atoms with Crippen molar-refractivity contribution in [3.8, 4) is 0 Å².